The Labute approximate surface area is 161 Å². The Morgan fingerprint density at radius 1 is 1.11 bits per heavy atom. The number of benzene rings is 1. The molecule has 1 atom stereocenters. The minimum atomic E-state index is -0.295. The lowest BCUT2D eigenvalue weighted by Gasteiger charge is -2.38. The molecule has 0 unspecified atom stereocenters. The maximum absolute atomic E-state index is 13.5. The molecule has 1 amide bonds. The highest BCUT2D eigenvalue weighted by Crippen LogP contribution is 2.38. The van der Waals surface area contributed by atoms with E-state index in [0.717, 1.165) is 57.3 Å². The largest absolute Gasteiger partial charge is 0.348 e. The molecular weight excluding hydrogens is 338 g/mol. The van der Waals surface area contributed by atoms with Gasteiger partial charge in [-0.15, -0.1) is 0 Å². The van der Waals surface area contributed by atoms with E-state index in [1.54, 1.807) is 12.7 Å². The van der Waals surface area contributed by atoms with Crippen LogP contribution in [0.4, 0.5) is 0 Å². The highest BCUT2D eigenvalue weighted by molar-refractivity contribution is 5.87. The molecule has 2 heterocycles. The van der Waals surface area contributed by atoms with E-state index >= 15 is 0 Å². The summed E-state index contributed by atoms with van der Waals surface area (Å²) in [7, 11) is 0. The topological polar surface area (TPSA) is 63.1 Å². The second kappa shape index (κ2) is 8.21. The predicted molar refractivity (Wildman–Crippen MR) is 104 cm³/mol. The quantitative estimate of drug-likeness (QED) is 0.817. The third-order valence-electron chi connectivity index (χ3n) is 6.19. The van der Waals surface area contributed by atoms with Crippen molar-refractivity contribution in [2.45, 2.75) is 63.1 Å². The third kappa shape index (κ3) is 3.90. The van der Waals surface area contributed by atoms with Gasteiger partial charge in [-0.2, -0.15) is 5.10 Å². The van der Waals surface area contributed by atoms with Crippen LogP contribution in [0.5, 0.6) is 0 Å². The van der Waals surface area contributed by atoms with Crippen molar-refractivity contribution >= 4 is 5.91 Å². The molecule has 1 N–H and O–H groups in total. The van der Waals surface area contributed by atoms with Gasteiger partial charge in [-0.05, 0) is 50.8 Å². The van der Waals surface area contributed by atoms with Crippen molar-refractivity contribution < 1.29 is 4.79 Å². The van der Waals surface area contributed by atoms with Crippen molar-refractivity contribution in [1.29, 1.82) is 0 Å². The lowest BCUT2D eigenvalue weighted by Crippen LogP contribution is -2.56. The number of nitrogens with zero attached hydrogens (tertiary/aromatic N) is 4. The van der Waals surface area contributed by atoms with Crippen LogP contribution in [0, 0.1) is 0 Å². The summed E-state index contributed by atoms with van der Waals surface area (Å²) in [5.41, 5.74) is 0.858. The number of amides is 1. The van der Waals surface area contributed by atoms with E-state index < -0.39 is 0 Å². The van der Waals surface area contributed by atoms with Crippen LogP contribution in [0.1, 0.15) is 56.6 Å². The van der Waals surface area contributed by atoms with E-state index in [1.807, 2.05) is 22.9 Å². The van der Waals surface area contributed by atoms with E-state index in [9.17, 15) is 4.79 Å². The van der Waals surface area contributed by atoms with E-state index in [1.165, 1.54) is 12.8 Å². The first kappa shape index (κ1) is 18.2. The lowest BCUT2D eigenvalue weighted by molar-refractivity contribution is -0.133. The first-order chi connectivity index (χ1) is 13.3. The van der Waals surface area contributed by atoms with Crippen molar-refractivity contribution in [3.8, 4) is 0 Å². The van der Waals surface area contributed by atoms with Crippen LogP contribution in [0.2, 0.25) is 0 Å². The van der Waals surface area contributed by atoms with Crippen LogP contribution < -0.4 is 5.32 Å². The molecule has 6 heteroatoms. The van der Waals surface area contributed by atoms with Crippen LogP contribution in [0.3, 0.4) is 0 Å². The maximum Gasteiger partial charge on any atom is 0.241 e. The Balaban J connectivity index is 1.51. The Kier molecular flexibility index (Phi) is 5.53. The molecule has 0 spiro atoms. The fraction of sp³-hybridized carbons (Fsp3) is 0.571. The molecule has 1 aliphatic heterocycles. The Morgan fingerprint density at radius 2 is 1.85 bits per heavy atom. The average Bonchev–Trinajstić information content (AvgIpc) is 3.48. The number of aromatic nitrogens is 3. The summed E-state index contributed by atoms with van der Waals surface area (Å²) in [6, 6.07) is 10.3. The number of likely N-dealkylation sites (tertiary alicyclic amines) is 1. The fourth-order valence-corrected chi connectivity index (χ4v) is 4.70. The van der Waals surface area contributed by atoms with Gasteiger partial charge in [0.1, 0.15) is 18.2 Å². The molecule has 1 saturated heterocycles. The zero-order chi connectivity index (χ0) is 18.5. The molecule has 1 saturated carbocycles. The molecule has 6 nitrogen and oxygen atoms in total. The lowest BCUT2D eigenvalue weighted by atomic mass is 9.92. The summed E-state index contributed by atoms with van der Waals surface area (Å²) in [5.74, 6) is 0.217. The number of carbonyl (C=O) groups is 1. The van der Waals surface area contributed by atoms with Crippen molar-refractivity contribution in [2.75, 3.05) is 13.1 Å². The van der Waals surface area contributed by atoms with Gasteiger partial charge in [0.15, 0.2) is 0 Å². The highest BCUT2D eigenvalue weighted by atomic mass is 16.2. The Hall–Kier alpha value is -2.21. The summed E-state index contributed by atoms with van der Waals surface area (Å²) in [6.07, 6.45) is 10.8. The second-order valence-corrected chi connectivity index (χ2v) is 7.82. The van der Waals surface area contributed by atoms with Crippen LogP contribution in [0.25, 0.3) is 0 Å². The molecule has 1 aromatic carbocycles. The molecule has 27 heavy (non-hydrogen) atoms. The molecule has 1 aromatic heterocycles. The minimum Gasteiger partial charge on any atom is -0.348 e. The van der Waals surface area contributed by atoms with Crippen molar-refractivity contribution in [3.63, 3.8) is 0 Å². The number of nitrogens with one attached hydrogen (secondary N) is 1. The van der Waals surface area contributed by atoms with Crippen molar-refractivity contribution in [2.24, 2.45) is 0 Å². The van der Waals surface area contributed by atoms with E-state index in [2.05, 4.69) is 32.4 Å². The third-order valence-corrected chi connectivity index (χ3v) is 6.19. The maximum atomic E-state index is 13.5. The van der Waals surface area contributed by atoms with E-state index in [-0.39, 0.29) is 17.5 Å². The molecule has 2 fully saturated rings. The van der Waals surface area contributed by atoms with Crippen LogP contribution in [-0.4, -0.2) is 44.2 Å². The summed E-state index contributed by atoms with van der Waals surface area (Å²) in [4.78, 5) is 20.0. The molecular formula is C21H29N5O. The summed E-state index contributed by atoms with van der Waals surface area (Å²) < 4.78 is 1.83. The fourth-order valence-electron chi connectivity index (χ4n) is 4.70. The van der Waals surface area contributed by atoms with Gasteiger partial charge in [-0.1, -0.05) is 43.2 Å². The Bertz CT molecular complexity index is 718. The Morgan fingerprint density at radius 3 is 2.52 bits per heavy atom. The van der Waals surface area contributed by atoms with Gasteiger partial charge in [0.25, 0.3) is 0 Å². The second-order valence-electron chi connectivity index (χ2n) is 7.82. The molecule has 2 aliphatic rings. The summed E-state index contributed by atoms with van der Waals surface area (Å²) >= 11 is 0. The number of aryl methyl sites for hydroxylation is 1. The molecule has 1 aliphatic carbocycles. The molecule has 144 valence electrons. The van der Waals surface area contributed by atoms with E-state index in [4.69, 9.17) is 0 Å². The van der Waals surface area contributed by atoms with Crippen molar-refractivity contribution in [1.82, 2.24) is 25.0 Å². The molecule has 2 aromatic rings. The number of rotatable bonds is 7. The van der Waals surface area contributed by atoms with Crippen molar-refractivity contribution in [3.05, 3.63) is 48.5 Å². The summed E-state index contributed by atoms with van der Waals surface area (Å²) in [5, 5.41) is 7.61. The summed E-state index contributed by atoms with van der Waals surface area (Å²) in [6.45, 7) is 2.85. The van der Waals surface area contributed by atoms with Crippen LogP contribution in [-0.2, 0) is 11.3 Å². The number of hydrogen-bond acceptors (Lipinski definition) is 4. The van der Waals surface area contributed by atoms with Gasteiger partial charge in [0, 0.05) is 6.54 Å². The first-order valence-corrected chi connectivity index (χ1v) is 10.2. The van der Waals surface area contributed by atoms with Gasteiger partial charge in [-0.25, -0.2) is 4.98 Å². The van der Waals surface area contributed by atoms with Gasteiger partial charge in [0.05, 0.1) is 6.04 Å². The first-order valence-electron chi connectivity index (χ1n) is 10.2. The normalized spacial score (nSPS) is 20.6. The highest BCUT2D eigenvalue weighted by Gasteiger charge is 2.47. The standard InChI is InChI=1S/C21H29N5O/c27-20(21(11-4-5-12-21)25-13-6-7-14-25)24-19(18-8-2-1-3-9-18)10-15-26-17-22-16-23-26/h1-3,8-9,16-17,19H,4-7,10-15H2,(H,24,27)/t19-/m0/s1. The van der Waals surface area contributed by atoms with Crippen LogP contribution >= 0.6 is 0 Å². The monoisotopic (exact) mass is 367 g/mol. The van der Waals surface area contributed by atoms with Gasteiger partial charge in [0.2, 0.25) is 5.91 Å². The molecule has 0 bridgehead atoms. The van der Waals surface area contributed by atoms with Crippen LogP contribution in [0.15, 0.2) is 43.0 Å². The van der Waals surface area contributed by atoms with Gasteiger partial charge in [-0.3, -0.25) is 14.4 Å². The smallest absolute Gasteiger partial charge is 0.241 e. The number of carbonyl (C=O) groups excluding carboxylic acids is 1. The SMILES string of the molecule is O=C(N[C@@H](CCn1cncn1)c1ccccc1)C1(N2CCCC2)CCCC1. The number of hydrogen-bond donors (Lipinski definition) is 1. The van der Waals surface area contributed by atoms with E-state index in [0.29, 0.717) is 0 Å². The zero-order valence-corrected chi connectivity index (χ0v) is 15.9. The van der Waals surface area contributed by atoms with Gasteiger partial charge < -0.3 is 5.32 Å². The zero-order valence-electron chi connectivity index (χ0n) is 15.9. The van der Waals surface area contributed by atoms with Gasteiger partial charge >= 0.3 is 0 Å². The minimum absolute atomic E-state index is 0.0111. The predicted octanol–water partition coefficient (Wildman–Crippen LogP) is 2.93. The molecule has 4 rings (SSSR count). The molecule has 0 radical (unpaired) electrons. The average molecular weight is 367 g/mol.